The molecule has 1 atom stereocenters. The molecule has 0 fully saturated rings. The van der Waals surface area contributed by atoms with Crippen molar-refractivity contribution in [3.63, 3.8) is 0 Å². The number of nitrogens with zero attached hydrogens (tertiary/aromatic N) is 1. The first-order chi connectivity index (χ1) is 13.5. The number of carbonyl (C=O) groups excluding carboxylic acids is 1. The van der Waals surface area contributed by atoms with Gasteiger partial charge in [-0.05, 0) is 54.8 Å². The molecular formula is C22H23FN2O3. The number of amides is 1. The Hall–Kier alpha value is -3.33. The van der Waals surface area contributed by atoms with Crippen molar-refractivity contribution in [3.05, 3.63) is 65.0 Å². The summed E-state index contributed by atoms with van der Waals surface area (Å²) >= 11 is 0. The van der Waals surface area contributed by atoms with Gasteiger partial charge in [-0.3, -0.25) is 4.79 Å². The summed E-state index contributed by atoms with van der Waals surface area (Å²) in [5.74, 6) is 0.262. The number of ether oxygens (including phenoxy) is 2. The van der Waals surface area contributed by atoms with Crippen LogP contribution >= 0.6 is 0 Å². The average Bonchev–Trinajstić information content (AvgIpc) is 2.71. The molecule has 5 nitrogen and oxygen atoms in total. The van der Waals surface area contributed by atoms with Crippen LogP contribution in [0, 0.1) is 17.1 Å². The summed E-state index contributed by atoms with van der Waals surface area (Å²) in [5.41, 5.74) is 1.48. The fourth-order valence-electron chi connectivity index (χ4n) is 2.35. The maximum absolute atomic E-state index is 13.0. The van der Waals surface area contributed by atoms with E-state index >= 15 is 0 Å². The van der Waals surface area contributed by atoms with Crippen LogP contribution in [0.2, 0.25) is 0 Å². The zero-order valence-corrected chi connectivity index (χ0v) is 16.2. The van der Waals surface area contributed by atoms with Gasteiger partial charge in [0, 0.05) is 6.04 Å². The average molecular weight is 382 g/mol. The molecule has 0 aliphatic heterocycles. The zero-order chi connectivity index (χ0) is 20.5. The van der Waals surface area contributed by atoms with E-state index in [1.54, 1.807) is 30.3 Å². The lowest BCUT2D eigenvalue weighted by molar-refractivity contribution is -0.117. The summed E-state index contributed by atoms with van der Waals surface area (Å²) in [6, 6.07) is 13.1. The minimum atomic E-state index is -0.410. The first-order valence-electron chi connectivity index (χ1n) is 8.94. The van der Waals surface area contributed by atoms with E-state index in [1.807, 2.05) is 19.9 Å². The highest BCUT2D eigenvalue weighted by Gasteiger charge is 2.12. The van der Waals surface area contributed by atoms with E-state index in [0.717, 1.165) is 12.0 Å². The van der Waals surface area contributed by atoms with Crippen molar-refractivity contribution in [2.75, 3.05) is 7.11 Å². The highest BCUT2D eigenvalue weighted by Crippen LogP contribution is 2.29. The van der Waals surface area contributed by atoms with Gasteiger partial charge in [0.2, 0.25) is 0 Å². The summed E-state index contributed by atoms with van der Waals surface area (Å²) in [6.45, 7) is 4.09. The van der Waals surface area contributed by atoms with Crippen LogP contribution < -0.4 is 14.8 Å². The Labute approximate surface area is 164 Å². The quantitative estimate of drug-likeness (QED) is 0.548. The molecule has 1 amide bonds. The number of rotatable bonds is 8. The molecule has 0 aromatic heterocycles. The number of benzene rings is 2. The largest absolute Gasteiger partial charge is 0.493 e. The number of carbonyl (C=O) groups is 1. The van der Waals surface area contributed by atoms with Crippen molar-refractivity contribution in [2.24, 2.45) is 0 Å². The monoisotopic (exact) mass is 382 g/mol. The number of nitriles is 1. The van der Waals surface area contributed by atoms with Gasteiger partial charge in [0.1, 0.15) is 24.1 Å². The summed E-state index contributed by atoms with van der Waals surface area (Å²) in [4.78, 5) is 12.2. The predicted octanol–water partition coefficient (Wildman–Crippen LogP) is 4.23. The van der Waals surface area contributed by atoms with Gasteiger partial charge in [-0.2, -0.15) is 5.26 Å². The van der Waals surface area contributed by atoms with E-state index < -0.39 is 5.91 Å². The highest BCUT2D eigenvalue weighted by atomic mass is 19.1. The molecule has 6 heteroatoms. The summed E-state index contributed by atoms with van der Waals surface area (Å²) in [5, 5.41) is 12.1. The summed E-state index contributed by atoms with van der Waals surface area (Å²) in [7, 11) is 1.51. The third-order valence-electron chi connectivity index (χ3n) is 4.16. The van der Waals surface area contributed by atoms with Gasteiger partial charge in [-0.15, -0.1) is 0 Å². The van der Waals surface area contributed by atoms with E-state index in [0.29, 0.717) is 17.1 Å². The number of halogens is 1. The van der Waals surface area contributed by atoms with Gasteiger partial charge in [-0.1, -0.05) is 25.1 Å². The lowest BCUT2D eigenvalue weighted by Gasteiger charge is -2.12. The Kier molecular flexibility index (Phi) is 7.58. The smallest absolute Gasteiger partial charge is 0.262 e. The van der Waals surface area contributed by atoms with Crippen molar-refractivity contribution in [3.8, 4) is 17.6 Å². The second-order valence-corrected chi connectivity index (χ2v) is 6.28. The number of hydrogen-bond acceptors (Lipinski definition) is 4. The molecule has 2 rings (SSSR count). The second-order valence-electron chi connectivity index (χ2n) is 6.28. The molecule has 0 radical (unpaired) electrons. The summed E-state index contributed by atoms with van der Waals surface area (Å²) < 4.78 is 24.1. The van der Waals surface area contributed by atoms with Crippen LogP contribution in [0.3, 0.4) is 0 Å². The third kappa shape index (κ3) is 5.85. The van der Waals surface area contributed by atoms with Crippen LogP contribution in [-0.2, 0) is 11.4 Å². The molecule has 0 spiro atoms. The van der Waals surface area contributed by atoms with E-state index in [2.05, 4.69) is 5.32 Å². The highest BCUT2D eigenvalue weighted by molar-refractivity contribution is 6.01. The van der Waals surface area contributed by atoms with Gasteiger partial charge in [0.15, 0.2) is 11.5 Å². The molecule has 0 saturated carbocycles. The van der Waals surface area contributed by atoms with Gasteiger partial charge in [-0.25, -0.2) is 4.39 Å². The van der Waals surface area contributed by atoms with E-state index in [4.69, 9.17) is 9.47 Å². The van der Waals surface area contributed by atoms with Crippen LogP contribution in [0.5, 0.6) is 11.5 Å². The third-order valence-corrected chi connectivity index (χ3v) is 4.16. The number of hydrogen-bond donors (Lipinski definition) is 1. The van der Waals surface area contributed by atoms with Crippen LogP contribution in [0.15, 0.2) is 48.0 Å². The van der Waals surface area contributed by atoms with Crippen molar-refractivity contribution in [2.45, 2.75) is 32.9 Å². The fourth-order valence-corrected chi connectivity index (χ4v) is 2.35. The first kappa shape index (κ1) is 21.0. The molecule has 28 heavy (non-hydrogen) atoms. The van der Waals surface area contributed by atoms with Crippen molar-refractivity contribution in [1.29, 1.82) is 5.26 Å². The van der Waals surface area contributed by atoms with Gasteiger partial charge >= 0.3 is 0 Å². The Bertz CT molecular complexity index is 886. The molecule has 0 saturated heterocycles. The predicted molar refractivity (Wildman–Crippen MR) is 105 cm³/mol. The molecule has 146 valence electrons. The Morgan fingerprint density at radius 3 is 2.57 bits per heavy atom. The fraction of sp³-hybridized carbons (Fsp3) is 0.273. The molecule has 0 heterocycles. The maximum atomic E-state index is 13.0. The van der Waals surface area contributed by atoms with Crippen LogP contribution in [0.1, 0.15) is 31.4 Å². The first-order valence-corrected chi connectivity index (χ1v) is 8.94. The lowest BCUT2D eigenvalue weighted by atomic mass is 10.1. The SMILES string of the molecule is CC[C@@H](C)NC(=O)/C(C#N)=C/c1ccc(OCc2ccc(F)cc2)c(OC)c1. The molecule has 0 bridgehead atoms. The van der Waals surface area contributed by atoms with Crippen molar-refractivity contribution < 1.29 is 18.7 Å². The minimum absolute atomic E-state index is 0.0129. The van der Waals surface area contributed by atoms with Crippen LogP contribution in [0.4, 0.5) is 4.39 Å². The van der Waals surface area contributed by atoms with Crippen LogP contribution in [0.25, 0.3) is 6.08 Å². The normalized spacial score (nSPS) is 12.0. The molecule has 0 aliphatic carbocycles. The molecule has 2 aromatic rings. The molecular weight excluding hydrogens is 359 g/mol. The van der Waals surface area contributed by atoms with Crippen molar-refractivity contribution >= 4 is 12.0 Å². The van der Waals surface area contributed by atoms with Gasteiger partial charge in [0.05, 0.1) is 7.11 Å². The van der Waals surface area contributed by atoms with Gasteiger partial charge < -0.3 is 14.8 Å². The summed E-state index contributed by atoms with van der Waals surface area (Å²) in [6.07, 6.45) is 2.28. The molecule has 1 N–H and O–H groups in total. The van der Waals surface area contributed by atoms with E-state index in [1.165, 1.54) is 25.3 Å². The second kappa shape index (κ2) is 10.1. The Morgan fingerprint density at radius 2 is 1.96 bits per heavy atom. The number of nitrogens with one attached hydrogen (secondary N) is 1. The van der Waals surface area contributed by atoms with Crippen LogP contribution in [-0.4, -0.2) is 19.1 Å². The molecule has 2 aromatic carbocycles. The lowest BCUT2D eigenvalue weighted by Crippen LogP contribution is -2.32. The minimum Gasteiger partial charge on any atom is -0.493 e. The topological polar surface area (TPSA) is 71.4 Å². The standard InChI is InChI=1S/C22H23FN2O3/c1-4-15(2)25-22(26)18(13-24)11-17-7-10-20(21(12-17)27-3)28-14-16-5-8-19(23)9-6-16/h5-12,15H,4,14H2,1-3H3,(H,25,26)/b18-11+/t15-/m1/s1. The zero-order valence-electron chi connectivity index (χ0n) is 16.2. The van der Waals surface area contributed by atoms with Gasteiger partial charge in [0.25, 0.3) is 5.91 Å². The molecule has 0 unspecified atom stereocenters. The maximum Gasteiger partial charge on any atom is 0.262 e. The Morgan fingerprint density at radius 1 is 1.25 bits per heavy atom. The van der Waals surface area contributed by atoms with E-state index in [-0.39, 0.29) is 24.0 Å². The Balaban J connectivity index is 2.15. The number of methoxy groups -OCH3 is 1. The van der Waals surface area contributed by atoms with Crippen molar-refractivity contribution in [1.82, 2.24) is 5.32 Å². The molecule has 0 aliphatic rings. The van der Waals surface area contributed by atoms with E-state index in [9.17, 15) is 14.4 Å².